The van der Waals surface area contributed by atoms with E-state index in [9.17, 15) is 4.79 Å². The van der Waals surface area contributed by atoms with Crippen LogP contribution in [0.2, 0.25) is 0 Å². The lowest BCUT2D eigenvalue weighted by Gasteiger charge is -2.26. The minimum atomic E-state index is -0.288. The molecular weight excluding hydrogens is 372 g/mol. The first-order valence-corrected chi connectivity index (χ1v) is 9.32. The van der Waals surface area contributed by atoms with Crippen LogP contribution in [0.4, 0.5) is 0 Å². The van der Waals surface area contributed by atoms with E-state index >= 15 is 0 Å². The molecular formula is C23H24O6. The summed E-state index contributed by atoms with van der Waals surface area (Å²) in [6.07, 6.45) is -0.0134. The first-order valence-electron chi connectivity index (χ1n) is 9.32. The Morgan fingerprint density at radius 2 is 1.90 bits per heavy atom. The summed E-state index contributed by atoms with van der Waals surface area (Å²) >= 11 is 0. The number of benzene rings is 2. The molecule has 1 aliphatic heterocycles. The predicted octanol–water partition coefficient (Wildman–Crippen LogP) is 3.58. The van der Waals surface area contributed by atoms with Crippen molar-refractivity contribution in [1.82, 2.24) is 0 Å². The number of hydrogen-bond acceptors (Lipinski definition) is 6. The van der Waals surface area contributed by atoms with Crippen molar-refractivity contribution in [1.29, 1.82) is 0 Å². The van der Waals surface area contributed by atoms with E-state index < -0.39 is 0 Å². The van der Waals surface area contributed by atoms with E-state index in [4.69, 9.17) is 23.7 Å². The lowest BCUT2D eigenvalue weighted by Crippen LogP contribution is -2.34. The van der Waals surface area contributed by atoms with Crippen molar-refractivity contribution >= 4 is 5.97 Å². The Balaban J connectivity index is 1.58. The van der Waals surface area contributed by atoms with Gasteiger partial charge >= 0.3 is 5.97 Å². The maximum Gasteiger partial charge on any atom is 0.307 e. The fourth-order valence-corrected chi connectivity index (χ4v) is 2.97. The van der Waals surface area contributed by atoms with Crippen LogP contribution in [-0.4, -0.2) is 39.5 Å². The van der Waals surface area contributed by atoms with Gasteiger partial charge in [-0.05, 0) is 36.8 Å². The van der Waals surface area contributed by atoms with E-state index in [0.717, 1.165) is 5.56 Å². The van der Waals surface area contributed by atoms with Gasteiger partial charge in [0.1, 0.15) is 24.7 Å². The smallest absolute Gasteiger partial charge is 0.307 e. The van der Waals surface area contributed by atoms with Crippen LogP contribution in [0, 0.1) is 11.8 Å². The summed E-state index contributed by atoms with van der Waals surface area (Å²) < 4.78 is 27.5. The molecule has 0 radical (unpaired) electrons. The molecule has 0 aromatic heterocycles. The SMILES string of the molecule is CC#C[C@@H](CC(=O)OC)c1ccc(OC[C@H]2COc3ccc(OC)cc3O2)cc1. The third kappa shape index (κ3) is 5.35. The molecule has 0 spiro atoms. The maximum absolute atomic E-state index is 11.6. The molecule has 0 aliphatic carbocycles. The van der Waals surface area contributed by atoms with E-state index in [0.29, 0.717) is 36.2 Å². The van der Waals surface area contributed by atoms with E-state index in [2.05, 4.69) is 11.8 Å². The molecule has 0 amide bonds. The number of hydrogen-bond donors (Lipinski definition) is 0. The highest BCUT2D eigenvalue weighted by Crippen LogP contribution is 2.35. The highest BCUT2D eigenvalue weighted by molar-refractivity contribution is 5.71. The molecule has 1 aliphatic rings. The van der Waals surface area contributed by atoms with Crippen molar-refractivity contribution in [3.63, 3.8) is 0 Å². The van der Waals surface area contributed by atoms with Crippen LogP contribution in [0.1, 0.15) is 24.8 Å². The zero-order chi connectivity index (χ0) is 20.6. The molecule has 2 aromatic rings. The Bertz CT molecular complexity index is 894. The van der Waals surface area contributed by atoms with Gasteiger partial charge in [-0.15, -0.1) is 5.92 Å². The zero-order valence-electron chi connectivity index (χ0n) is 16.8. The van der Waals surface area contributed by atoms with Gasteiger partial charge in [0.15, 0.2) is 17.6 Å². The molecule has 0 bridgehead atoms. The second-order valence-corrected chi connectivity index (χ2v) is 6.47. The quantitative estimate of drug-likeness (QED) is 0.527. The van der Waals surface area contributed by atoms with Crippen molar-refractivity contribution < 1.29 is 28.5 Å². The van der Waals surface area contributed by atoms with Crippen molar-refractivity contribution in [3.05, 3.63) is 48.0 Å². The van der Waals surface area contributed by atoms with Crippen LogP contribution in [0.15, 0.2) is 42.5 Å². The highest BCUT2D eigenvalue weighted by atomic mass is 16.6. The molecule has 0 N–H and O–H groups in total. The van der Waals surface area contributed by atoms with E-state index in [-0.39, 0.29) is 24.4 Å². The van der Waals surface area contributed by atoms with Gasteiger partial charge in [0.2, 0.25) is 0 Å². The fraction of sp³-hybridized carbons (Fsp3) is 0.348. The average molecular weight is 396 g/mol. The van der Waals surface area contributed by atoms with Gasteiger partial charge < -0.3 is 23.7 Å². The molecule has 6 heteroatoms. The molecule has 0 saturated heterocycles. The molecule has 1 heterocycles. The van der Waals surface area contributed by atoms with Gasteiger partial charge in [-0.25, -0.2) is 0 Å². The number of methoxy groups -OCH3 is 2. The maximum atomic E-state index is 11.6. The molecule has 0 unspecified atom stereocenters. The van der Waals surface area contributed by atoms with E-state index in [1.54, 1.807) is 20.1 Å². The summed E-state index contributed by atoms with van der Waals surface area (Å²) in [5, 5.41) is 0. The Morgan fingerprint density at radius 1 is 1.14 bits per heavy atom. The van der Waals surface area contributed by atoms with E-state index in [1.807, 2.05) is 36.4 Å². The molecule has 3 rings (SSSR count). The predicted molar refractivity (Wildman–Crippen MR) is 108 cm³/mol. The second-order valence-electron chi connectivity index (χ2n) is 6.47. The lowest BCUT2D eigenvalue weighted by molar-refractivity contribution is -0.140. The number of ether oxygens (including phenoxy) is 5. The summed E-state index contributed by atoms with van der Waals surface area (Å²) in [5.74, 6) is 8.17. The molecule has 152 valence electrons. The number of carbonyl (C=O) groups is 1. The first-order chi connectivity index (χ1) is 14.1. The van der Waals surface area contributed by atoms with Crippen LogP contribution in [0.5, 0.6) is 23.0 Å². The Hall–Kier alpha value is -3.33. The monoisotopic (exact) mass is 396 g/mol. The summed E-state index contributed by atoms with van der Waals surface area (Å²) in [6, 6.07) is 13.0. The van der Waals surface area contributed by atoms with Crippen LogP contribution in [0.25, 0.3) is 0 Å². The second kappa shape index (κ2) is 9.74. The molecule has 0 fully saturated rings. The third-order valence-electron chi connectivity index (χ3n) is 4.50. The summed E-state index contributed by atoms with van der Waals surface area (Å²) in [7, 11) is 2.98. The van der Waals surface area contributed by atoms with E-state index in [1.165, 1.54) is 7.11 Å². The number of fused-ring (bicyclic) bond motifs is 1. The molecule has 2 aromatic carbocycles. The number of rotatable bonds is 7. The average Bonchev–Trinajstić information content (AvgIpc) is 2.77. The van der Waals surface area contributed by atoms with Gasteiger partial charge in [-0.1, -0.05) is 18.1 Å². The van der Waals surface area contributed by atoms with Gasteiger partial charge in [0.05, 0.1) is 26.6 Å². The van der Waals surface area contributed by atoms with Crippen LogP contribution in [-0.2, 0) is 9.53 Å². The molecule has 0 saturated carbocycles. The minimum absolute atomic E-state index is 0.206. The topological polar surface area (TPSA) is 63.2 Å². The fourth-order valence-electron chi connectivity index (χ4n) is 2.97. The van der Waals surface area contributed by atoms with Crippen LogP contribution in [0.3, 0.4) is 0 Å². The Labute approximate surface area is 170 Å². The summed E-state index contributed by atoms with van der Waals surface area (Å²) in [4.78, 5) is 11.6. The summed E-state index contributed by atoms with van der Waals surface area (Å²) in [5.41, 5.74) is 0.940. The van der Waals surface area contributed by atoms with Gasteiger partial charge in [-0.2, -0.15) is 0 Å². The lowest BCUT2D eigenvalue weighted by atomic mass is 9.96. The number of esters is 1. The van der Waals surface area contributed by atoms with Gasteiger partial charge in [0, 0.05) is 6.07 Å². The molecule has 2 atom stereocenters. The Kier molecular flexibility index (Phi) is 6.85. The normalized spacial score (nSPS) is 15.5. The molecule has 29 heavy (non-hydrogen) atoms. The van der Waals surface area contributed by atoms with Gasteiger partial charge in [-0.3, -0.25) is 4.79 Å². The largest absolute Gasteiger partial charge is 0.497 e. The van der Waals surface area contributed by atoms with Crippen molar-refractivity contribution in [2.24, 2.45) is 0 Å². The van der Waals surface area contributed by atoms with Crippen molar-refractivity contribution in [2.45, 2.75) is 25.4 Å². The zero-order valence-corrected chi connectivity index (χ0v) is 16.8. The number of carbonyl (C=O) groups excluding carboxylic acids is 1. The third-order valence-corrected chi connectivity index (χ3v) is 4.50. The first kappa shape index (κ1) is 20.4. The standard InChI is InChI=1S/C23H24O6/c1-4-5-17(12-23(24)26-3)16-6-8-18(9-7-16)27-14-20-15-28-21-11-10-19(25-2)13-22(21)29-20/h6-11,13,17,20H,12,14-15H2,1-3H3/t17-,20-/m0/s1. The van der Waals surface area contributed by atoms with Crippen molar-refractivity contribution in [2.75, 3.05) is 27.4 Å². The molecule has 6 nitrogen and oxygen atoms in total. The summed E-state index contributed by atoms with van der Waals surface area (Å²) in [6.45, 7) is 2.50. The highest BCUT2D eigenvalue weighted by Gasteiger charge is 2.22. The van der Waals surface area contributed by atoms with Gasteiger partial charge in [0.25, 0.3) is 0 Å². The van der Waals surface area contributed by atoms with Crippen LogP contribution >= 0.6 is 0 Å². The Morgan fingerprint density at radius 3 is 2.59 bits per heavy atom. The minimum Gasteiger partial charge on any atom is -0.497 e. The van der Waals surface area contributed by atoms with Crippen LogP contribution < -0.4 is 18.9 Å². The van der Waals surface area contributed by atoms with Crippen molar-refractivity contribution in [3.8, 4) is 34.8 Å².